The Balaban J connectivity index is 1.50. The van der Waals surface area contributed by atoms with Gasteiger partial charge in [0.1, 0.15) is 5.75 Å². The Kier molecular flexibility index (Phi) is 7.59. The van der Waals surface area contributed by atoms with Gasteiger partial charge in [-0.1, -0.05) is 18.2 Å². The highest BCUT2D eigenvalue weighted by Crippen LogP contribution is 2.25. The van der Waals surface area contributed by atoms with E-state index in [-0.39, 0.29) is 18.2 Å². The number of benzene rings is 2. The first-order valence-electron chi connectivity index (χ1n) is 10.0. The summed E-state index contributed by atoms with van der Waals surface area (Å²) in [5.41, 5.74) is 3.77. The Bertz CT molecular complexity index is 1040. The summed E-state index contributed by atoms with van der Waals surface area (Å²) < 4.78 is 5.33. The number of ether oxygens (including phenoxy) is 1. The average molecular weight is 418 g/mol. The second-order valence-corrected chi connectivity index (χ2v) is 7.01. The van der Waals surface area contributed by atoms with Crippen LogP contribution in [0.5, 0.6) is 5.75 Å². The summed E-state index contributed by atoms with van der Waals surface area (Å²) in [6, 6.07) is 18.2. The first-order chi connectivity index (χ1) is 15.0. The quantitative estimate of drug-likeness (QED) is 0.492. The molecule has 0 aliphatic heterocycles. The third-order valence-electron chi connectivity index (χ3n) is 4.59. The van der Waals surface area contributed by atoms with Crippen LogP contribution in [-0.2, 0) is 11.3 Å². The summed E-state index contributed by atoms with van der Waals surface area (Å²) in [4.78, 5) is 28.9. The summed E-state index contributed by atoms with van der Waals surface area (Å²) in [7, 11) is 1.61. The Morgan fingerprint density at radius 3 is 2.68 bits per heavy atom. The number of aromatic nitrogens is 1. The number of aryl methyl sites for hydroxylation is 1. The maximum atomic E-state index is 12.4. The molecule has 2 aromatic carbocycles. The molecule has 0 atom stereocenters. The Morgan fingerprint density at radius 2 is 1.90 bits per heavy atom. The zero-order chi connectivity index (χ0) is 22.1. The standard InChI is InChI=1S/C24H26N4O3/c1-17-9-10-22(31-2)21(14-17)26-13-11-23(29)28-19-8-5-6-18(15-19)24(30)27-16-20-7-3-4-12-25-20/h3-10,12,14-15,26H,11,13,16H2,1-2H3,(H,27,30)(H,28,29). The maximum absolute atomic E-state index is 12.4. The minimum Gasteiger partial charge on any atom is -0.495 e. The summed E-state index contributed by atoms with van der Waals surface area (Å²) in [6.07, 6.45) is 1.95. The van der Waals surface area contributed by atoms with Crippen molar-refractivity contribution in [1.29, 1.82) is 0 Å². The Morgan fingerprint density at radius 1 is 1.03 bits per heavy atom. The Hall–Kier alpha value is -3.87. The zero-order valence-electron chi connectivity index (χ0n) is 17.6. The number of carbonyl (C=O) groups is 2. The van der Waals surface area contributed by atoms with Crippen molar-refractivity contribution in [2.24, 2.45) is 0 Å². The van der Waals surface area contributed by atoms with Crippen molar-refractivity contribution in [3.05, 3.63) is 83.7 Å². The molecule has 0 radical (unpaired) electrons. The number of rotatable bonds is 9. The molecule has 3 N–H and O–H groups in total. The van der Waals surface area contributed by atoms with Gasteiger partial charge in [0.15, 0.2) is 0 Å². The molecule has 0 aliphatic carbocycles. The fourth-order valence-corrected chi connectivity index (χ4v) is 3.01. The minimum atomic E-state index is -0.227. The zero-order valence-corrected chi connectivity index (χ0v) is 17.6. The second kappa shape index (κ2) is 10.8. The molecule has 0 bridgehead atoms. The predicted molar refractivity (Wildman–Crippen MR) is 121 cm³/mol. The number of hydrogen-bond donors (Lipinski definition) is 3. The molecule has 0 aliphatic rings. The highest BCUT2D eigenvalue weighted by Gasteiger charge is 2.09. The van der Waals surface area contributed by atoms with Crippen LogP contribution in [0.1, 0.15) is 28.0 Å². The summed E-state index contributed by atoms with van der Waals surface area (Å²) >= 11 is 0. The van der Waals surface area contributed by atoms with Gasteiger partial charge < -0.3 is 20.7 Å². The SMILES string of the molecule is COc1ccc(C)cc1NCCC(=O)Nc1cccc(C(=O)NCc2ccccn2)c1. The van der Waals surface area contributed by atoms with E-state index in [9.17, 15) is 9.59 Å². The van der Waals surface area contributed by atoms with Crippen LogP contribution in [0, 0.1) is 6.92 Å². The molecule has 1 heterocycles. The van der Waals surface area contributed by atoms with Crippen LogP contribution in [0.2, 0.25) is 0 Å². The van der Waals surface area contributed by atoms with Crippen LogP contribution in [0.25, 0.3) is 0 Å². The third-order valence-corrected chi connectivity index (χ3v) is 4.59. The van der Waals surface area contributed by atoms with E-state index in [2.05, 4.69) is 20.9 Å². The first-order valence-corrected chi connectivity index (χ1v) is 10.0. The maximum Gasteiger partial charge on any atom is 0.251 e. The molecule has 160 valence electrons. The van der Waals surface area contributed by atoms with E-state index >= 15 is 0 Å². The number of methoxy groups -OCH3 is 1. The van der Waals surface area contributed by atoms with Crippen LogP contribution in [0.4, 0.5) is 11.4 Å². The molecule has 1 aromatic heterocycles. The number of carbonyl (C=O) groups excluding carboxylic acids is 2. The fraction of sp³-hybridized carbons (Fsp3) is 0.208. The molecule has 3 aromatic rings. The van der Waals surface area contributed by atoms with E-state index in [1.165, 1.54) is 0 Å². The molecule has 0 saturated carbocycles. The molecule has 2 amide bonds. The van der Waals surface area contributed by atoms with Crippen molar-refractivity contribution in [2.45, 2.75) is 19.9 Å². The summed E-state index contributed by atoms with van der Waals surface area (Å²) in [5, 5.41) is 8.89. The van der Waals surface area contributed by atoms with Crippen molar-refractivity contribution in [3.63, 3.8) is 0 Å². The topological polar surface area (TPSA) is 92.4 Å². The smallest absolute Gasteiger partial charge is 0.251 e. The minimum absolute atomic E-state index is 0.148. The van der Waals surface area contributed by atoms with Gasteiger partial charge in [0.05, 0.1) is 25.0 Å². The molecule has 7 nitrogen and oxygen atoms in total. The van der Waals surface area contributed by atoms with Gasteiger partial charge in [0, 0.05) is 30.4 Å². The molecule has 0 unspecified atom stereocenters. The highest BCUT2D eigenvalue weighted by atomic mass is 16.5. The molecular formula is C24H26N4O3. The van der Waals surface area contributed by atoms with E-state index in [4.69, 9.17) is 4.74 Å². The van der Waals surface area contributed by atoms with Crippen LogP contribution < -0.4 is 20.7 Å². The number of amides is 2. The molecule has 7 heteroatoms. The normalized spacial score (nSPS) is 10.3. The van der Waals surface area contributed by atoms with Crippen LogP contribution >= 0.6 is 0 Å². The number of pyridine rings is 1. The number of nitrogens with zero attached hydrogens (tertiary/aromatic N) is 1. The number of anilines is 2. The van der Waals surface area contributed by atoms with Crippen molar-refractivity contribution >= 4 is 23.2 Å². The van der Waals surface area contributed by atoms with Gasteiger partial charge in [-0.05, 0) is 55.0 Å². The van der Waals surface area contributed by atoms with E-state index in [1.54, 1.807) is 37.6 Å². The molecule has 31 heavy (non-hydrogen) atoms. The van der Waals surface area contributed by atoms with Gasteiger partial charge in [0.2, 0.25) is 5.91 Å². The van der Waals surface area contributed by atoms with Gasteiger partial charge in [-0.3, -0.25) is 14.6 Å². The van der Waals surface area contributed by atoms with Gasteiger partial charge in [-0.25, -0.2) is 0 Å². The lowest BCUT2D eigenvalue weighted by molar-refractivity contribution is -0.115. The van der Waals surface area contributed by atoms with Gasteiger partial charge in [0.25, 0.3) is 5.91 Å². The molecule has 0 saturated heterocycles. The first kappa shape index (κ1) is 21.8. The van der Waals surface area contributed by atoms with E-state index < -0.39 is 0 Å². The lowest BCUT2D eigenvalue weighted by Gasteiger charge is -2.12. The lowest BCUT2D eigenvalue weighted by atomic mass is 10.2. The number of nitrogens with one attached hydrogen (secondary N) is 3. The monoisotopic (exact) mass is 418 g/mol. The van der Waals surface area contributed by atoms with E-state index in [1.807, 2.05) is 43.3 Å². The lowest BCUT2D eigenvalue weighted by Crippen LogP contribution is -2.23. The highest BCUT2D eigenvalue weighted by molar-refractivity contribution is 5.97. The van der Waals surface area contributed by atoms with Crippen LogP contribution in [0.15, 0.2) is 66.9 Å². The van der Waals surface area contributed by atoms with Crippen molar-refractivity contribution in [1.82, 2.24) is 10.3 Å². The van der Waals surface area contributed by atoms with Crippen LogP contribution in [-0.4, -0.2) is 30.5 Å². The van der Waals surface area contributed by atoms with Crippen molar-refractivity contribution < 1.29 is 14.3 Å². The summed E-state index contributed by atoms with van der Waals surface area (Å²) in [5.74, 6) is 0.357. The molecule has 0 fully saturated rings. The second-order valence-electron chi connectivity index (χ2n) is 7.01. The van der Waals surface area contributed by atoms with Gasteiger partial charge >= 0.3 is 0 Å². The van der Waals surface area contributed by atoms with E-state index in [0.717, 1.165) is 22.7 Å². The van der Waals surface area contributed by atoms with Gasteiger partial charge in [-0.15, -0.1) is 0 Å². The third kappa shape index (κ3) is 6.57. The van der Waals surface area contributed by atoms with Crippen molar-refractivity contribution in [2.75, 3.05) is 24.3 Å². The number of hydrogen-bond acceptors (Lipinski definition) is 5. The van der Waals surface area contributed by atoms with Crippen LogP contribution in [0.3, 0.4) is 0 Å². The molecule has 0 spiro atoms. The largest absolute Gasteiger partial charge is 0.495 e. The summed E-state index contributed by atoms with van der Waals surface area (Å²) in [6.45, 7) is 2.79. The molecule has 3 rings (SSSR count). The Labute approximate surface area is 181 Å². The van der Waals surface area contributed by atoms with E-state index in [0.29, 0.717) is 24.3 Å². The fourth-order valence-electron chi connectivity index (χ4n) is 3.01. The van der Waals surface area contributed by atoms with Crippen molar-refractivity contribution in [3.8, 4) is 5.75 Å². The van der Waals surface area contributed by atoms with Gasteiger partial charge in [-0.2, -0.15) is 0 Å². The average Bonchev–Trinajstić information content (AvgIpc) is 2.78. The predicted octanol–water partition coefficient (Wildman–Crippen LogP) is 3.77. The molecular weight excluding hydrogens is 392 g/mol.